The van der Waals surface area contributed by atoms with Crippen molar-refractivity contribution in [1.29, 1.82) is 0 Å². The largest absolute Gasteiger partial charge is 0.466 e. The third-order valence-corrected chi connectivity index (χ3v) is 10.4. The van der Waals surface area contributed by atoms with Crippen molar-refractivity contribution in [3.63, 3.8) is 0 Å². The molecule has 0 saturated carbocycles. The van der Waals surface area contributed by atoms with E-state index >= 15 is 0 Å². The second-order valence-electron chi connectivity index (χ2n) is 15.8. The number of unbranched alkanes of at least 4 members (excludes halogenated alkanes) is 25. The van der Waals surface area contributed by atoms with Gasteiger partial charge in [-0.3, -0.25) is 9.59 Å². The number of nitrogens with one attached hydrogen (secondary N) is 1. The summed E-state index contributed by atoms with van der Waals surface area (Å²) in [5.74, 6) is -1.29. The van der Waals surface area contributed by atoms with E-state index in [0.29, 0.717) is 26.2 Å². The van der Waals surface area contributed by atoms with Crippen LogP contribution in [0.2, 0.25) is 0 Å². The van der Waals surface area contributed by atoms with E-state index in [1.165, 1.54) is 135 Å². The van der Waals surface area contributed by atoms with Crippen molar-refractivity contribution in [3.05, 3.63) is 24.3 Å². The summed E-state index contributed by atoms with van der Waals surface area (Å²) in [6.07, 6.45) is 45.7. The molecule has 0 aromatic rings. The van der Waals surface area contributed by atoms with Gasteiger partial charge in [0.1, 0.15) is 6.04 Å². The van der Waals surface area contributed by atoms with Crippen LogP contribution in [0.25, 0.3) is 0 Å². The summed E-state index contributed by atoms with van der Waals surface area (Å²) in [4.78, 5) is 38.3. The van der Waals surface area contributed by atoms with Crippen molar-refractivity contribution in [2.24, 2.45) is 11.5 Å². The average molecular weight is 849 g/mol. The van der Waals surface area contributed by atoms with Gasteiger partial charge in [0.25, 0.3) is 0 Å². The van der Waals surface area contributed by atoms with Crippen molar-refractivity contribution in [2.75, 3.05) is 19.8 Å². The van der Waals surface area contributed by atoms with Crippen LogP contribution in [-0.2, 0) is 23.9 Å². The van der Waals surface area contributed by atoms with Crippen molar-refractivity contribution in [3.8, 4) is 0 Å². The molecule has 8 nitrogen and oxygen atoms in total. The Morgan fingerprint density at radius 2 is 0.895 bits per heavy atom. The molecule has 0 heterocycles. The molecule has 0 aromatic carbocycles. The molecule has 1 amide bonds. The SMILES string of the molecule is CCCCCCCC/C=C\CCCCCCCCOC(=O)CC[C@H](NC(=O)[C@@H](N)CCCCN)C(=O)OCCCCCCCC/C=C\CCCCCCCC.Cl.Cl. The van der Waals surface area contributed by atoms with E-state index in [0.717, 1.165) is 57.8 Å². The van der Waals surface area contributed by atoms with Crippen molar-refractivity contribution >= 4 is 42.7 Å². The number of carbonyl (C=O) groups is 3. The highest BCUT2D eigenvalue weighted by Gasteiger charge is 2.26. The Balaban J connectivity index is -0.0000146. The molecule has 0 saturated heterocycles. The fourth-order valence-electron chi connectivity index (χ4n) is 6.66. The number of amides is 1. The third-order valence-electron chi connectivity index (χ3n) is 10.4. The van der Waals surface area contributed by atoms with Gasteiger partial charge in [0, 0.05) is 6.42 Å². The lowest BCUT2D eigenvalue weighted by Crippen LogP contribution is -2.49. The Morgan fingerprint density at radius 3 is 1.32 bits per heavy atom. The quantitative estimate of drug-likeness (QED) is 0.0316. The van der Waals surface area contributed by atoms with E-state index < -0.39 is 24.0 Å². The van der Waals surface area contributed by atoms with Crippen LogP contribution in [-0.4, -0.2) is 49.7 Å². The zero-order chi connectivity index (χ0) is 40.3. The fourth-order valence-corrected chi connectivity index (χ4v) is 6.66. The van der Waals surface area contributed by atoms with Gasteiger partial charge >= 0.3 is 11.9 Å². The summed E-state index contributed by atoms with van der Waals surface area (Å²) < 4.78 is 11.0. The Morgan fingerprint density at radius 1 is 0.509 bits per heavy atom. The van der Waals surface area contributed by atoms with Crippen LogP contribution >= 0.6 is 24.8 Å². The monoisotopic (exact) mass is 848 g/mol. The van der Waals surface area contributed by atoms with Crippen LogP contribution in [0.5, 0.6) is 0 Å². The number of hydrogen-bond donors (Lipinski definition) is 3. The first-order valence-corrected chi connectivity index (χ1v) is 23.3. The molecule has 0 bridgehead atoms. The van der Waals surface area contributed by atoms with Gasteiger partial charge in [-0.05, 0) is 90.0 Å². The number of halogens is 2. The molecule has 0 aliphatic heterocycles. The molecule has 57 heavy (non-hydrogen) atoms. The van der Waals surface area contributed by atoms with E-state index in [1.807, 2.05) is 0 Å². The lowest BCUT2D eigenvalue weighted by Gasteiger charge is -2.20. The Bertz CT molecular complexity index is 937. The molecule has 338 valence electrons. The molecule has 5 N–H and O–H groups in total. The first-order valence-electron chi connectivity index (χ1n) is 23.3. The highest BCUT2D eigenvalue weighted by atomic mass is 35.5. The molecule has 0 spiro atoms. The Labute approximate surface area is 363 Å². The summed E-state index contributed by atoms with van der Waals surface area (Å²) >= 11 is 0. The van der Waals surface area contributed by atoms with Crippen LogP contribution in [0.1, 0.15) is 226 Å². The van der Waals surface area contributed by atoms with E-state index in [2.05, 4.69) is 43.5 Å². The molecule has 0 aromatic heterocycles. The van der Waals surface area contributed by atoms with Gasteiger partial charge in [-0.2, -0.15) is 0 Å². The lowest BCUT2D eigenvalue weighted by molar-refractivity contribution is -0.149. The van der Waals surface area contributed by atoms with Gasteiger partial charge < -0.3 is 26.3 Å². The van der Waals surface area contributed by atoms with Crippen molar-refractivity contribution in [1.82, 2.24) is 5.32 Å². The number of nitrogens with two attached hydrogens (primary N) is 2. The van der Waals surface area contributed by atoms with Gasteiger partial charge in [0.15, 0.2) is 0 Å². The van der Waals surface area contributed by atoms with E-state index in [1.54, 1.807) is 0 Å². The minimum absolute atomic E-state index is 0. The standard InChI is InChI=1S/C47H89N3O5.2ClH/c1-3-5-7-9-11-13-15-17-19-21-23-25-27-29-31-35-41-54-45(51)39-38-44(50-46(52)43(49)37-33-34-40-48)47(53)55-42-36-32-30-28-26-24-22-20-18-16-14-12-10-8-6-4-2;;/h17-20,43-44H,3-16,21-42,48-49H2,1-2H3,(H,50,52);2*1H/b19-17-,20-18-;;/t43-,44-;;/m0../s1. The predicted octanol–water partition coefficient (Wildman–Crippen LogP) is 12.7. The van der Waals surface area contributed by atoms with E-state index in [9.17, 15) is 14.4 Å². The molecule has 10 heteroatoms. The maximum atomic E-state index is 13.0. The second kappa shape index (κ2) is 48.8. The predicted molar refractivity (Wildman–Crippen MR) is 247 cm³/mol. The zero-order valence-corrected chi connectivity index (χ0v) is 38.6. The summed E-state index contributed by atoms with van der Waals surface area (Å²) in [6.45, 7) is 5.74. The van der Waals surface area contributed by atoms with Gasteiger partial charge in [-0.15, -0.1) is 24.8 Å². The lowest BCUT2D eigenvalue weighted by atomic mass is 10.1. The number of carbonyl (C=O) groups excluding carboxylic acids is 3. The van der Waals surface area contributed by atoms with Gasteiger partial charge in [0.05, 0.1) is 19.3 Å². The number of hydrogen-bond acceptors (Lipinski definition) is 7. The molecule has 0 radical (unpaired) electrons. The Hall–Kier alpha value is -1.61. The number of esters is 2. The van der Waals surface area contributed by atoms with Crippen LogP contribution in [0.4, 0.5) is 0 Å². The average Bonchev–Trinajstić information content (AvgIpc) is 3.18. The molecule has 0 rings (SSSR count). The molecular formula is C47H91Cl2N3O5. The highest BCUT2D eigenvalue weighted by Crippen LogP contribution is 2.13. The van der Waals surface area contributed by atoms with Crippen molar-refractivity contribution in [2.45, 2.75) is 238 Å². The molecule has 0 unspecified atom stereocenters. The molecule has 0 aliphatic rings. The van der Waals surface area contributed by atoms with Crippen LogP contribution in [0.15, 0.2) is 24.3 Å². The minimum atomic E-state index is -0.930. The molecule has 0 fully saturated rings. The third kappa shape index (κ3) is 43.8. The van der Waals surface area contributed by atoms with E-state index in [4.69, 9.17) is 20.9 Å². The van der Waals surface area contributed by atoms with Gasteiger partial charge in [-0.1, -0.05) is 160 Å². The minimum Gasteiger partial charge on any atom is -0.466 e. The van der Waals surface area contributed by atoms with E-state index in [-0.39, 0.29) is 43.6 Å². The van der Waals surface area contributed by atoms with Crippen LogP contribution in [0.3, 0.4) is 0 Å². The smallest absolute Gasteiger partial charge is 0.328 e. The summed E-state index contributed by atoms with van der Waals surface area (Å²) in [6, 6.07) is -1.67. The highest BCUT2D eigenvalue weighted by molar-refractivity contribution is 5.87. The normalized spacial score (nSPS) is 12.3. The van der Waals surface area contributed by atoms with Gasteiger partial charge in [0.2, 0.25) is 5.91 Å². The first-order chi connectivity index (χ1) is 27.0. The van der Waals surface area contributed by atoms with Gasteiger partial charge in [-0.25, -0.2) is 4.79 Å². The second-order valence-corrected chi connectivity index (χ2v) is 15.8. The first kappa shape index (κ1) is 59.7. The number of rotatable bonds is 42. The summed E-state index contributed by atoms with van der Waals surface area (Å²) in [5.41, 5.74) is 11.7. The van der Waals surface area contributed by atoms with Crippen LogP contribution < -0.4 is 16.8 Å². The maximum Gasteiger partial charge on any atom is 0.328 e. The summed E-state index contributed by atoms with van der Waals surface area (Å²) in [5, 5.41) is 2.74. The fraction of sp³-hybridized carbons (Fsp3) is 0.851. The maximum absolute atomic E-state index is 13.0. The van der Waals surface area contributed by atoms with Crippen molar-refractivity contribution < 1.29 is 23.9 Å². The summed E-state index contributed by atoms with van der Waals surface area (Å²) in [7, 11) is 0. The van der Waals surface area contributed by atoms with Crippen LogP contribution in [0, 0.1) is 0 Å². The number of ether oxygens (including phenoxy) is 2. The molecule has 0 aliphatic carbocycles. The molecule has 2 atom stereocenters. The topological polar surface area (TPSA) is 134 Å². The number of allylic oxidation sites excluding steroid dienone is 4. The Kier molecular flexibility index (Phi) is 51.1. The zero-order valence-electron chi connectivity index (χ0n) is 36.9. The molecular weight excluding hydrogens is 757 g/mol.